The lowest BCUT2D eigenvalue weighted by atomic mass is 10.1. The molecule has 0 aliphatic heterocycles. The van der Waals surface area contributed by atoms with Crippen LogP contribution in [0.25, 0.3) is 4.96 Å². The smallest absolute Gasteiger partial charge is 0.193 e. The Hall–Kier alpha value is -1.31. The quantitative estimate of drug-likeness (QED) is 0.784. The average molecular weight is 293 g/mol. The van der Waals surface area contributed by atoms with Gasteiger partial charge in [-0.15, -0.1) is 16.4 Å². The van der Waals surface area contributed by atoms with E-state index < -0.39 is 0 Å². The van der Waals surface area contributed by atoms with E-state index in [0.29, 0.717) is 0 Å². The number of hydrogen-bond acceptors (Lipinski definition) is 6. The molecule has 0 fully saturated rings. The lowest BCUT2D eigenvalue weighted by molar-refractivity contribution is 0.705. The van der Waals surface area contributed by atoms with E-state index in [2.05, 4.69) is 21.5 Å². The van der Waals surface area contributed by atoms with Crippen molar-refractivity contribution in [3.05, 3.63) is 34.0 Å². The summed E-state index contributed by atoms with van der Waals surface area (Å²) >= 11 is 3.04. The molecule has 5 nitrogen and oxygen atoms in total. The minimum absolute atomic E-state index is 0.0637. The monoisotopic (exact) mass is 293 g/mol. The Balaban J connectivity index is 1.78. The van der Waals surface area contributed by atoms with Crippen LogP contribution in [0.2, 0.25) is 0 Å². The second-order valence-corrected chi connectivity index (χ2v) is 6.13. The summed E-state index contributed by atoms with van der Waals surface area (Å²) in [5, 5.41) is 6.19. The van der Waals surface area contributed by atoms with Crippen molar-refractivity contribution in [3.63, 3.8) is 0 Å². The molecule has 3 aromatic heterocycles. The van der Waals surface area contributed by atoms with Gasteiger partial charge in [0.2, 0.25) is 0 Å². The van der Waals surface area contributed by atoms with Crippen LogP contribution in [0.4, 0.5) is 0 Å². The molecule has 0 bridgehead atoms. The molecule has 0 aliphatic carbocycles. The largest absolute Gasteiger partial charge is 0.323 e. The third-order valence-electron chi connectivity index (χ3n) is 2.98. The summed E-state index contributed by atoms with van der Waals surface area (Å²) in [4.78, 5) is 6.67. The summed E-state index contributed by atoms with van der Waals surface area (Å²) < 4.78 is 6.06. The van der Waals surface area contributed by atoms with E-state index in [9.17, 15) is 0 Å². The van der Waals surface area contributed by atoms with Crippen LogP contribution in [-0.4, -0.2) is 19.0 Å². The minimum Gasteiger partial charge on any atom is -0.323 e. The number of thiazole rings is 1. The van der Waals surface area contributed by atoms with Crippen LogP contribution in [0.5, 0.6) is 0 Å². The Kier molecular flexibility index (Phi) is 3.58. The van der Waals surface area contributed by atoms with Crippen molar-refractivity contribution in [1.29, 1.82) is 0 Å². The second kappa shape index (κ2) is 5.36. The van der Waals surface area contributed by atoms with Crippen molar-refractivity contribution < 1.29 is 0 Å². The van der Waals surface area contributed by atoms with E-state index in [-0.39, 0.29) is 6.04 Å². The third kappa shape index (κ3) is 2.54. The molecule has 0 saturated heterocycles. The molecular weight excluding hydrogens is 278 g/mol. The van der Waals surface area contributed by atoms with Crippen LogP contribution >= 0.6 is 22.9 Å². The fourth-order valence-corrected chi connectivity index (χ4v) is 3.51. The molecule has 0 radical (unpaired) electrons. The molecule has 3 aromatic rings. The number of hydrogen-bond donors (Lipinski definition) is 1. The molecule has 0 amide bonds. The highest BCUT2D eigenvalue weighted by molar-refractivity contribution is 7.15. The van der Waals surface area contributed by atoms with Crippen LogP contribution in [0.3, 0.4) is 0 Å². The van der Waals surface area contributed by atoms with Crippen molar-refractivity contribution in [2.45, 2.75) is 32.2 Å². The van der Waals surface area contributed by atoms with Gasteiger partial charge in [-0.25, -0.2) is 4.98 Å². The maximum absolute atomic E-state index is 6.28. The molecule has 0 aromatic carbocycles. The summed E-state index contributed by atoms with van der Waals surface area (Å²) in [6, 6.07) is -0.0637. The van der Waals surface area contributed by atoms with Crippen molar-refractivity contribution in [1.82, 2.24) is 19.0 Å². The predicted octanol–water partition coefficient (Wildman–Crippen LogP) is 2.44. The molecular formula is C12H15N5S2. The lowest BCUT2D eigenvalue weighted by Gasteiger charge is -2.08. The van der Waals surface area contributed by atoms with Crippen LogP contribution in [0.15, 0.2) is 17.8 Å². The van der Waals surface area contributed by atoms with Crippen LogP contribution < -0.4 is 5.73 Å². The summed E-state index contributed by atoms with van der Waals surface area (Å²) in [5.41, 5.74) is 8.34. The molecule has 19 heavy (non-hydrogen) atoms. The average Bonchev–Trinajstić information content (AvgIpc) is 3.03. The van der Waals surface area contributed by atoms with Crippen molar-refractivity contribution in [3.8, 4) is 0 Å². The van der Waals surface area contributed by atoms with E-state index in [1.54, 1.807) is 11.3 Å². The zero-order valence-corrected chi connectivity index (χ0v) is 12.2. The van der Waals surface area contributed by atoms with E-state index in [0.717, 1.165) is 40.5 Å². The first kappa shape index (κ1) is 12.7. The van der Waals surface area contributed by atoms with Crippen LogP contribution in [-0.2, 0) is 12.8 Å². The number of imidazole rings is 1. The van der Waals surface area contributed by atoms with Crippen molar-refractivity contribution in [2.24, 2.45) is 5.73 Å². The first-order valence-corrected chi connectivity index (χ1v) is 7.91. The fourth-order valence-electron chi connectivity index (χ4n) is 2.10. The summed E-state index contributed by atoms with van der Waals surface area (Å²) in [6.07, 6.45) is 6.79. The Labute approximate surface area is 119 Å². The number of fused-ring (bicyclic) bond motifs is 1. The molecule has 1 unspecified atom stereocenters. The Morgan fingerprint density at radius 3 is 3.16 bits per heavy atom. The standard InChI is InChI=1S/C12H15N5S2/c1-2-3-10-11(19-16-15-10)9(13)6-8-7-17-4-5-18-12(17)14-8/h4-5,7,9H,2-3,6,13H2,1H3. The van der Waals surface area contributed by atoms with Crippen molar-refractivity contribution >= 4 is 27.8 Å². The number of aromatic nitrogens is 4. The highest BCUT2D eigenvalue weighted by Crippen LogP contribution is 2.23. The van der Waals surface area contributed by atoms with Gasteiger partial charge in [0.25, 0.3) is 0 Å². The number of nitrogens with two attached hydrogens (primary N) is 1. The van der Waals surface area contributed by atoms with Gasteiger partial charge in [0.05, 0.1) is 16.3 Å². The van der Waals surface area contributed by atoms with Gasteiger partial charge in [-0.2, -0.15) is 0 Å². The van der Waals surface area contributed by atoms with Gasteiger partial charge < -0.3 is 5.73 Å². The zero-order chi connectivity index (χ0) is 13.2. The molecule has 2 N–H and O–H groups in total. The normalized spacial score (nSPS) is 13.2. The summed E-state index contributed by atoms with van der Waals surface area (Å²) in [7, 11) is 0. The molecule has 7 heteroatoms. The van der Waals surface area contributed by atoms with Gasteiger partial charge in [-0.05, 0) is 18.0 Å². The zero-order valence-electron chi connectivity index (χ0n) is 10.6. The predicted molar refractivity (Wildman–Crippen MR) is 77.6 cm³/mol. The van der Waals surface area contributed by atoms with E-state index >= 15 is 0 Å². The highest BCUT2D eigenvalue weighted by Gasteiger charge is 2.17. The number of rotatable bonds is 5. The van der Waals surface area contributed by atoms with Crippen molar-refractivity contribution in [2.75, 3.05) is 0 Å². The van der Waals surface area contributed by atoms with Crippen LogP contribution in [0, 0.1) is 0 Å². The second-order valence-electron chi connectivity index (χ2n) is 4.47. The maximum Gasteiger partial charge on any atom is 0.193 e. The first-order chi connectivity index (χ1) is 9.28. The SMILES string of the molecule is CCCc1nnsc1C(N)Cc1cn2ccsc2n1. The fraction of sp³-hybridized carbons (Fsp3) is 0.417. The number of aryl methyl sites for hydroxylation is 1. The Bertz CT molecular complexity index is 640. The van der Waals surface area contributed by atoms with Gasteiger partial charge >= 0.3 is 0 Å². The molecule has 1 atom stereocenters. The van der Waals surface area contributed by atoms with Gasteiger partial charge in [-0.1, -0.05) is 17.8 Å². The lowest BCUT2D eigenvalue weighted by Crippen LogP contribution is -2.14. The third-order valence-corrected chi connectivity index (χ3v) is 4.65. The Morgan fingerprint density at radius 1 is 1.47 bits per heavy atom. The maximum atomic E-state index is 6.28. The molecule has 3 heterocycles. The van der Waals surface area contributed by atoms with Gasteiger partial charge in [-0.3, -0.25) is 4.40 Å². The first-order valence-electron chi connectivity index (χ1n) is 6.25. The van der Waals surface area contributed by atoms with E-state index in [1.807, 2.05) is 22.2 Å². The highest BCUT2D eigenvalue weighted by atomic mass is 32.1. The van der Waals surface area contributed by atoms with Crippen LogP contribution in [0.1, 0.15) is 35.7 Å². The molecule has 0 aliphatic rings. The summed E-state index contributed by atoms with van der Waals surface area (Å²) in [6.45, 7) is 2.14. The Morgan fingerprint density at radius 2 is 2.37 bits per heavy atom. The van der Waals surface area contributed by atoms with Gasteiger partial charge in [0, 0.05) is 30.2 Å². The van der Waals surface area contributed by atoms with Gasteiger partial charge in [0.1, 0.15) is 0 Å². The molecule has 100 valence electrons. The van der Waals surface area contributed by atoms with E-state index in [4.69, 9.17) is 5.73 Å². The summed E-state index contributed by atoms with van der Waals surface area (Å²) in [5.74, 6) is 0. The molecule has 0 spiro atoms. The minimum atomic E-state index is -0.0637. The number of nitrogens with zero attached hydrogens (tertiary/aromatic N) is 4. The topological polar surface area (TPSA) is 69.1 Å². The van der Waals surface area contributed by atoms with E-state index in [1.165, 1.54) is 11.5 Å². The molecule has 3 rings (SSSR count). The van der Waals surface area contributed by atoms with Gasteiger partial charge in [0.15, 0.2) is 4.96 Å². The molecule has 0 saturated carbocycles.